The second-order valence-corrected chi connectivity index (χ2v) is 8.80. The van der Waals surface area contributed by atoms with Gasteiger partial charge in [-0.3, -0.25) is 4.79 Å². The maximum atomic E-state index is 12.6. The molecule has 1 fully saturated rings. The Balaban J connectivity index is 1.58. The Morgan fingerprint density at radius 1 is 0.862 bits per heavy atom. The molecule has 154 valence electrons. The fourth-order valence-electron chi connectivity index (χ4n) is 3.60. The third-order valence-electron chi connectivity index (χ3n) is 5.33. The summed E-state index contributed by atoms with van der Waals surface area (Å²) in [6.45, 7) is 6.43. The minimum Gasteiger partial charge on any atom is -0.335 e. The number of carbonyl (C=O) groups is 2. The molecule has 3 amide bonds. The molecular formula is C24H31N3O2. The molecule has 0 radical (unpaired) electrons. The molecule has 0 aromatic heterocycles. The summed E-state index contributed by atoms with van der Waals surface area (Å²) in [6, 6.07) is 14.9. The van der Waals surface area contributed by atoms with Crippen molar-refractivity contribution >= 4 is 23.3 Å². The Morgan fingerprint density at radius 3 is 2.10 bits per heavy atom. The van der Waals surface area contributed by atoms with E-state index in [0.29, 0.717) is 16.9 Å². The average molecular weight is 394 g/mol. The first kappa shape index (κ1) is 20.9. The summed E-state index contributed by atoms with van der Waals surface area (Å²) in [7, 11) is 0. The van der Waals surface area contributed by atoms with Gasteiger partial charge in [-0.2, -0.15) is 0 Å². The quantitative estimate of drug-likeness (QED) is 0.624. The van der Waals surface area contributed by atoms with E-state index >= 15 is 0 Å². The summed E-state index contributed by atoms with van der Waals surface area (Å²) in [5.41, 5.74) is 3.13. The van der Waals surface area contributed by atoms with Crippen molar-refractivity contribution in [1.29, 1.82) is 0 Å². The van der Waals surface area contributed by atoms with Crippen LogP contribution in [0.4, 0.5) is 16.2 Å². The smallest absolute Gasteiger partial charge is 0.319 e. The summed E-state index contributed by atoms with van der Waals surface area (Å²) in [5, 5.41) is 8.80. The Bertz CT molecular complexity index is 847. The zero-order valence-corrected chi connectivity index (χ0v) is 17.5. The summed E-state index contributed by atoms with van der Waals surface area (Å²) in [4.78, 5) is 24.8. The number of rotatable bonds is 4. The van der Waals surface area contributed by atoms with Gasteiger partial charge in [0.25, 0.3) is 5.91 Å². The molecule has 2 aromatic carbocycles. The van der Waals surface area contributed by atoms with Crippen LogP contribution in [0.5, 0.6) is 0 Å². The molecule has 1 aliphatic rings. The monoisotopic (exact) mass is 393 g/mol. The molecule has 0 saturated heterocycles. The van der Waals surface area contributed by atoms with Crippen molar-refractivity contribution in [2.24, 2.45) is 0 Å². The summed E-state index contributed by atoms with van der Waals surface area (Å²) in [6.07, 6.45) is 5.67. The van der Waals surface area contributed by atoms with Crippen LogP contribution in [0.15, 0.2) is 48.5 Å². The lowest BCUT2D eigenvalue weighted by molar-refractivity contribution is 0.102. The summed E-state index contributed by atoms with van der Waals surface area (Å²) in [5.74, 6) is -0.172. The molecule has 3 rings (SSSR count). The highest BCUT2D eigenvalue weighted by molar-refractivity contribution is 6.04. The lowest BCUT2D eigenvalue weighted by atomic mass is 9.87. The zero-order valence-electron chi connectivity index (χ0n) is 17.5. The second-order valence-electron chi connectivity index (χ2n) is 8.80. The van der Waals surface area contributed by atoms with Gasteiger partial charge in [0.15, 0.2) is 0 Å². The van der Waals surface area contributed by atoms with Gasteiger partial charge in [-0.05, 0) is 54.2 Å². The van der Waals surface area contributed by atoms with Crippen molar-refractivity contribution in [2.75, 3.05) is 10.6 Å². The Hall–Kier alpha value is -2.82. The maximum Gasteiger partial charge on any atom is 0.319 e. The highest BCUT2D eigenvalue weighted by Gasteiger charge is 2.16. The van der Waals surface area contributed by atoms with Crippen LogP contribution in [0.25, 0.3) is 0 Å². The van der Waals surface area contributed by atoms with Gasteiger partial charge in [-0.25, -0.2) is 4.79 Å². The first-order valence-electron chi connectivity index (χ1n) is 10.4. The number of anilines is 2. The van der Waals surface area contributed by atoms with Gasteiger partial charge in [0.05, 0.1) is 0 Å². The van der Waals surface area contributed by atoms with Crippen LogP contribution in [-0.2, 0) is 5.41 Å². The predicted octanol–water partition coefficient (Wildman–Crippen LogP) is 5.69. The Labute approximate surface area is 173 Å². The first-order chi connectivity index (χ1) is 13.8. The van der Waals surface area contributed by atoms with Crippen LogP contribution in [-0.4, -0.2) is 18.0 Å². The minimum absolute atomic E-state index is 0.0488. The van der Waals surface area contributed by atoms with Crippen LogP contribution in [0, 0.1) is 0 Å². The SMILES string of the molecule is CC(C)(C)c1ccc(C(=O)Nc2cccc(NC(=O)NC3CCCCC3)c2)cc1. The van der Waals surface area contributed by atoms with Crippen molar-refractivity contribution < 1.29 is 9.59 Å². The largest absolute Gasteiger partial charge is 0.335 e. The number of hydrogen-bond donors (Lipinski definition) is 3. The Morgan fingerprint density at radius 2 is 1.48 bits per heavy atom. The van der Waals surface area contributed by atoms with Crippen molar-refractivity contribution in [3.8, 4) is 0 Å². The lowest BCUT2D eigenvalue weighted by Gasteiger charge is -2.22. The van der Waals surface area contributed by atoms with E-state index in [2.05, 4.69) is 36.7 Å². The minimum atomic E-state index is -0.196. The van der Waals surface area contributed by atoms with Crippen LogP contribution < -0.4 is 16.0 Å². The van der Waals surface area contributed by atoms with Crippen LogP contribution >= 0.6 is 0 Å². The van der Waals surface area contributed by atoms with Gasteiger partial charge in [-0.1, -0.05) is 58.2 Å². The van der Waals surface area contributed by atoms with E-state index in [1.165, 1.54) is 24.8 Å². The Kier molecular flexibility index (Phi) is 6.57. The number of benzene rings is 2. The standard InChI is InChI=1S/C24H31N3O2/c1-24(2,3)18-14-12-17(13-15-18)22(28)25-20-10-7-11-21(16-20)27-23(29)26-19-8-5-4-6-9-19/h7,10-16,19H,4-6,8-9H2,1-3H3,(H,25,28)(H2,26,27,29). The molecule has 0 atom stereocenters. The van der Waals surface area contributed by atoms with E-state index in [4.69, 9.17) is 0 Å². The molecule has 0 heterocycles. The fourth-order valence-corrected chi connectivity index (χ4v) is 3.60. The average Bonchev–Trinajstić information content (AvgIpc) is 2.68. The van der Waals surface area contributed by atoms with Crippen LogP contribution in [0.2, 0.25) is 0 Å². The summed E-state index contributed by atoms with van der Waals surface area (Å²) < 4.78 is 0. The van der Waals surface area contributed by atoms with Gasteiger partial charge >= 0.3 is 6.03 Å². The number of hydrogen-bond acceptors (Lipinski definition) is 2. The van der Waals surface area contributed by atoms with E-state index < -0.39 is 0 Å². The van der Waals surface area contributed by atoms with E-state index in [0.717, 1.165) is 12.8 Å². The van der Waals surface area contributed by atoms with E-state index in [1.54, 1.807) is 6.07 Å². The predicted molar refractivity (Wildman–Crippen MR) is 119 cm³/mol. The van der Waals surface area contributed by atoms with Gasteiger partial charge in [-0.15, -0.1) is 0 Å². The second kappa shape index (κ2) is 9.12. The maximum absolute atomic E-state index is 12.6. The van der Waals surface area contributed by atoms with Crippen molar-refractivity contribution in [3.63, 3.8) is 0 Å². The zero-order chi connectivity index (χ0) is 20.9. The van der Waals surface area contributed by atoms with Crippen molar-refractivity contribution in [3.05, 3.63) is 59.7 Å². The highest BCUT2D eigenvalue weighted by atomic mass is 16.2. The van der Waals surface area contributed by atoms with Crippen LogP contribution in [0.3, 0.4) is 0 Å². The lowest BCUT2D eigenvalue weighted by Crippen LogP contribution is -2.39. The number of carbonyl (C=O) groups excluding carboxylic acids is 2. The third kappa shape index (κ3) is 6.08. The fraction of sp³-hybridized carbons (Fsp3) is 0.417. The molecule has 5 heteroatoms. The number of urea groups is 1. The highest BCUT2D eigenvalue weighted by Crippen LogP contribution is 2.23. The number of amides is 3. The van der Waals surface area contributed by atoms with Crippen LogP contribution in [0.1, 0.15) is 68.8 Å². The first-order valence-corrected chi connectivity index (χ1v) is 10.4. The van der Waals surface area contributed by atoms with Crippen molar-refractivity contribution in [1.82, 2.24) is 5.32 Å². The molecule has 5 nitrogen and oxygen atoms in total. The van der Waals surface area contributed by atoms with E-state index in [1.807, 2.05) is 42.5 Å². The van der Waals surface area contributed by atoms with Gasteiger partial charge < -0.3 is 16.0 Å². The number of nitrogens with one attached hydrogen (secondary N) is 3. The molecule has 3 N–H and O–H groups in total. The molecule has 0 spiro atoms. The molecule has 0 bridgehead atoms. The van der Waals surface area contributed by atoms with Gasteiger partial charge in [0.1, 0.15) is 0 Å². The van der Waals surface area contributed by atoms with E-state index in [-0.39, 0.29) is 23.4 Å². The third-order valence-corrected chi connectivity index (χ3v) is 5.33. The topological polar surface area (TPSA) is 70.2 Å². The molecule has 1 saturated carbocycles. The molecule has 1 aliphatic carbocycles. The summed E-state index contributed by atoms with van der Waals surface area (Å²) >= 11 is 0. The molecule has 0 aliphatic heterocycles. The normalized spacial score (nSPS) is 14.9. The van der Waals surface area contributed by atoms with Gasteiger partial charge in [0, 0.05) is 23.0 Å². The van der Waals surface area contributed by atoms with E-state index in [9.17, 15) is 9.59 Å². The van der Waals surface area contributed by atoms with Crippen molar-refractivity contribution in [2.45, 2.75) is 64.3 Å². The molecule has 29 heavy (non-hydrogen) atoms. The molecular weight excluding hydrogens is 362 g/mol. The molecule has 0 unspecified atom stereocenters. The molecule has 2 aromatic rings. The van der Waals surface area contributed by atoms with Gasteiger partial charge in [0.2, 0.25) is 0 Å².